The first-order valence-electron chi connectivity index (χ1n) is 11.3. The number of nitrogens with one attached hydrogen (secondary N) is 2. The number of hydrogen-bond donors (Lipinski definition) is 3. The summed E-state index contributed by atoms with van der Waals surface area (Å²) in [7, 11) is 3.31. The van der Waals surface area contributed by atoms with Gasteiger partial charge in [-0.2, -0.15) is 0 Å². The van der Waals surface area contributed by atoms with Crippen molar-refractivity contribution in [2.45, 2.75) is 43.7 Å². The highest BCUT2D eigenvalue weighted by atomic mass is 35.5. The molecule has 2 aromatic rings. The molecule has 2 fully saturated rings. The van der Waals surface area contributed by atoms with E-state index in [1.807, 2.05) is 18.2 Å². The number of amides is 1. The molecule has 0 bridgehead atoms. The highest BCUT2D eigenvalue weighted by Crippen LogP contribution is 2.46. The molecule has 1 aliphatic carbocycles. The Bertz CT molecular complexity index is 951. The Kier molecular flexibility index (Phi) is 6.93. The molecule has 7 heteroatoms. The van der Waals surface area contributed by atoms with Crippen LogP contribution in [0.4, 0.5) is 5.69 Å². The van der Waals surface area contributed by atoms with E-state index in [-0.39, 0.29) is 17.9 Å². The van der Waals surface area contributed by atoms with E-state index in [1.54, 1.807) is 38.5 Å². The maximum atomic E-state index is 13.0. The Morgan fingerprint density at radius 2 is 1.94 bits per heavy atom. The van der Waals surface area contributed by atoms with Gasteiger partial charge in [0.25, 0.3) is 5.91 Å². The summed E-state index contributed by atoms with van der Waals surface area (Å²) in [6.07, 6.45) is 4.57. The first kappa shape index (κ1) is 22.9. The zero-order valence-corrected chi connectivity index (χ0v) is 19.5. The van der Waals surface area contributed by atoms with Gasteiger partial charge in [0, 0.05) is 23.0 Å². The van der Waals surface area contributed by atoms with Crippen molar-refractivity contribution in [2.75, 3.05) is 32.6 Å². The van der Waals surface area contributed by atoms with Gasteiger partial charge in [0.2, 0.25) is 0 Å². The molecule has 1 saturated carbocycles. The van der Waals surface area contributed by atoms with Gasteiger partial charge in [0.1, 0.15) is 17.5 Å². The molecule has 6 nitrogen and oxygen atoms in total. The lowest BCUT2D eigenvalue weighted by atomic mass is 9.66. The minimum absolute atomic E-state index is 0.0596. The normalized spacial score (nSPS) is 27.3. The standard InChI is InChI=1S/C25H31ClN2O4/c1-31-19-10-11-22(32-2)20(15-19)24-21-5-3-4-12-25(21,30)13-14-28(24)16-23(29)27-18-8-6-17(26)7-9-18/h6-11,15,21,24,30H,3-5,12-14,16H2,1-2H3,(H,27,29)/p+1/t21-,24-,25-/m1/s1. The van der Waals surface area contributed by atoms with Gasteiger partial charge in [-0.1, -0.05) is 24.4 Å². The number of ether oxygens (including phenoxy) is 2. The van der Waals surface area contributed by atoms with Crippen molar-refractivity contribution >= 4 is 23.2 Å². The Morgan fingerprint density at radius 1 is 1.16 bits per heavy atom. The highest BCUT2D eigenvalue weighted by Gasteiger charge is 2.52. The Morgan fingerprint density at radius 3 is 2.66 bits per heavy atom. The minimum Gasteiger partial charge on any atom is -0.497 e. The number of hydrogen-bond acceptors (Lipinski definition) is 4. The van der Waals surface area contributed by atoms with Crippen LogP contribution in [0, 0.1) is 5.92 Å². The maximum absolute atomic E-state index is 13.0. The monoisotopic (exact) mass is 459 g/mol. The Balaban J connectivity index is 1.64. The number of piperidine rings is 1. The summed E-state index contributed by atoms with van der Waals surface area (Å²) in [4.78, 5) is 14.1. The fraction of sp³-hybridized carbons (Fsp3) is 0.480. The van der Waals surface area contributed by atoms with Crippen molar-refractivity contribution in [3.63, 3.8) is 0 Å². The SMILES string of the molecule is COc1ccc(OC)c([C@@H]2[C@H]3CCCC[C@@]3(O)CC[NH+]2CC(=O)Nc2ccc(Cl)cc2)c1. The molecule has 0 spiro atoms. The molecule has 4 atom stereocenters. The molecule has 1 heterocycles. The fourth-order valence-corrected chi connectivity index (χ4v) is 5.64. The van der Waals surface area contributed by atoms with E-state index >= 15 is 0 Å². The van der Waals surface area contributed by atoms with E-state index in [0.29, 0.717) is 24.5 Å². The van der Waals surface area contributed by atoms with Crippen LogP contribution in [0.3, 0.4) is 0 Å². The van der Waals surface area contributed by atoms with E-state index in [4.69, 9.17) is 21.1 Å². The zero-order chi connectivity index (χ0) is 22.7. The van der Waals surface area contributed by atoms with Crippen molar-refractivity contribution in [2.24, 2.45) is 5.92 Å². The number of rotatable bonds is 6. The molecule has 1 amide bonds. The summed E-state index contributed by atoms with van der Waals surface area (Å²) in [6.45, 7) is 1.02. The number of quaternary nitrogens is 1. The van der Waals surface area contributed by atoms with Crippen LogP contribution in [0.2, 0.25) is 5.02 Å². The molecule has 32 heavy (non-hydrogen) atoms. The third-order valence-corrected chi connectivity index (χ3v) is 7.33. The fourth-order valence-electron chi connectivity index (χ4n) is 5.52. The predicted molar refractivity (Wildman–Crippen MR) is 125 cm³/mol. The lowest BCUT2D eigenvalue weighted by Crippen LogP contribution is -3.16. The van der Waals surface area contributed by atoms with Crippen LogP contribution in [0.15, 0.2) is 42.5 Å². The quantitative estimate of drug-likeness (QED) is 0.620. The predicted octanol–water partition coefficient (Wildman–Crippen LogP) is 3.25. The van der Waals surface area contributed by atoms with Gasteiger partial charge in [-0.15, -0.1) is 0 Å². The Hall–Kier alpha value is -2.28. The van der Waals surface area contributed by atoms with Crippen molar-refractivity contribution in [3.8, 4) is 11.5 Å². The largest absolute Gasteiger partial charge is 0.497 e. The van der Waals surface area contributed by atoms with Gasteiger partial charge in [0.05, 0.1) is 31.9 Å². The summed E-state index contributed by atoms with van der Waals surface area (Å²) < 4.78 is 11.2. The number of halogens is 1. The second kappa shape index (κ2) is 9.69. The molecule has 1 aliphatic heterocycles. The summed E-state index contributed by atoms with van der Waals surface area (Å²) in [5.41, 5.74) is 1.01. The van der Waals surface area contributed by atoms with Gasteiger partial charge in [0.15, 0.2) is 6.54 Å². The van der Waals surface area contributed by atoms with E-state index in [2.05, 4.69) is 5.32 Å². The van der Waals surface area contributed by atoms with Gasteiger partial charge in [-0.05, 0) is 55.3 Å². The van der Waals surface area contributed by atoms with Crippen LogP contribution < -0.4 is 19.7 Å². The molecule has 2 aliphatic rings. The number of benzene rings is 2. The van der Waals surface area contributed by atoms with Gasteiger partial charge >= 0.3 is 0 Å². The van der Waals surface area contributed by atoms with Crippen molar-refractivity contribution in [1.29, 1.82) is 0 Å². The Labute approximate surface area is 194 Å². The topological polar surface area (TPSA) is 72.2 Å². The number of carbonyl (C=O) groups is 1. The first-order valence-corrected chi connectivity index (χ1v) is 11.7. The van der Waals surface area contributed by atoms with Crippen molar-refractivity contribution in [3.05, 3.63) is 53.1 Å². The molecular weight excluding hydrogens is 428 g/mol. The van der Waals surface area contributed by atoms with Crippen LogP contribution in [0.25, 0.3) is 0 Å². The molecule has 1 saturated heterocycles. The number of aliphatic hydroxyl groups is 1. The molecule has 1 unspecified atom stereocenters. The van der Waals surface area contributed by atoms with Crippen LogP contribution >= 0.6 is 11.6 Å². The van der Waals surface area contributed by atoms with E-state index < -0.39 is 5.60 Å². The number of fused-ring (bicyclic) bond motifs is 1. The zero-order valence-electron chi connectivity index (χ0n) is 18.7. The average molecular weight is 460 g/mol. The van der Waals surface area contributed by atoms with Crippen molar-refractivity contribution < 1.29 is 24.3 Å². The van der Waals surface area contributed by atoms with Gasteiger partial charge in [-0.25, -0.2) is 0 Å². The second-order valence-corrected chi connectivity index (χ2v) is 9.37. The van der Waals surface area contributed by atoms with E-state index in [0.717, 1.165) is 53.3 Å². The third kappa shape index (κ3) is 4.72. The summed E-state index contributed by atoms with van der Waals surface area (Å²) in [6, 6.07) is 12.9. The van der Waals surface area contributed by atoms with Crippen molar-refractivity contribution in [1.82, 2.24) is 0 Å². The molecule has 172 valence electrons. The van der Waals surface area contributed by atoms with Crippen LogP contribution in [0.5, 0.6) is 11.5 Å². The molecule has 0 radical (unpaired) electrons. The lowest BCUT2D eigenvalue weighted by molar-refractivity contribution is -0.937. The molecular formula is C25H32ClN2O4+. The second-order valence-electron chi connectivity index (χ2n) is 8.93. The van der Waals surface area contributed by atoms with Gasteiger partial charge in [-0.3, -0.25) is 4.79 Å². The van der Waals surface area contributed by atoms with Gasteiger partial charge < -0.3 is 24.8 Å². The maximum Gasteiger partial charge on any atom is 0.279 e. The minimum atomic E-state index is -0.701. The first-order chi connectivity index (χ1) is 15.4. The highest BCUT2D eigenvalue weighted by molar-refractivity contribution is 6.30. The van der Waals surface area contributed by atoms with E-state index in [9.17, 15) is 9.90 Å². The summed E-state index contributed by atoms with van der Waals surface area (Å²) >= 11 is 5.96. The third-order valence-electron chi connectivity index (χ3n) is 7.07. The number of likely N-dealkylation sites (tertiary alicyclic amines) is 1. The van der Waals surface area contributed by atoms with Crippen LogP contribution in [-0.2, 0) is 4.79 Å². The summed E-state index contributed by atoms with van der Waals surface area (Å²) in [5, 5.41) is 15.1. The molecule has 2 aromatic carbocycles. The average Bonchev–Trinajstić information content (AvgIpc) is 2.80. The van der Waals surface area contributed by atoms with Crippen LogP contribution in [0.1, 0.15) is 43.7 Å². The number of carbonyl (C=O) groups excluding carboxylic acids is 1. The summed E-state index contributed by atoms with van der Waals surface area (Å²) in [5.74, 6) is 1.51. The number of anilines is 1. The number of methoxy groups -OCH3 is 2. The smallest absolute Gasteiger partial charge is 0.279 e. The van der Waals surface area contributed by atoms with E-state index in [1.165, 1.54) is 0 Å². The molecule has 3 N–H and O–H groups in total. The molecule has 0 aromatic heterocycles. The molecule has 4 rings (SSSR count). The van der Waals surface area contributed by atoms with Crippen LogP contribution in [-0.4, -0.2) is 43.9 Å². The lowest BCUT2D eigenvalue weighted by Gasteiger charge is -2.50.